The Morgan fingerprint density at radius 3 is 2.68 bits per heavy atom. The van der Waals surface area contributed by atoms with E-state index in [9.17, 15) is 9.59 Å². The van der Waals surface area contributed by atoms with E-state index in [0.717, 1.165) is 0 Å². The second-order valence-electron chi connectivity index (χ2n) is 4.38. The topological polar surface area (TPSA) is 68.7 Å². The Hall–Kier alpha value is -2.41. The highest BCUT2D eigenvalue weighted by Gasteiger charge is 2.16. The Morgan fingerprint density at radius 2 is 2.00 bits per heavy atom. The fraction of sp³-hybridized carbons (Fsp3) is 0.267. The zero-order chi connectivity index (χ0) is 15.9. The smallest absolute Gasteiger partial charge is 0.415 e. The number of hydrogen-bond acceptors (Lipinski definition) is 6. The molecule has 0 atom stereocenters. The first-order chi connectivity index (χ1) is 10.6. The molecule has 0 spiro atoms. The van der Waals surface area contributed by atoms with Crippen molar-refractivity contribution in [1.82, 2.24) is 9.88 Å². The van der Waals surface area contributed by atoms with Gasteiger partial charge in [-0.1, -0.05) is 18.2 Å². The van der Waals surface area contributed by atoms with E-state index in [1.54, 1.807) is 38.2 Å². The lowest BCUT2D eigenvalue weighted by atomic mass is 10.3. The van der Waals surface area contributed by atoms with E-state index in [0.29, 0.717) is 22.2 Å². The van der Waals surface area contributed by atoms with E-state index in [1.165, 1.54) is 22.4 Å². The van der Waals surface area contributed by atoms with Crippen LogP contribution in [0.3, 0.4) is 0 Å². The van der Waals surface area contributed by atoms with Crippen LogP contribution in [0.2, 0.25) is 0 Å². The first kappa shape index (κ1) is 16.0. The van der Waals surface area contributed by atoms with Crippen LogP contribution < -0.4 is 4.74 Å². The maximum Gasteiger partial charge on any atom is 0.415 e. The Bertz CT molecular complexity index is 642. The molecule has 0 aliphatic rings. The molecule has 0 saturated heterocycles. The number of benzene rings is 1. The van der Waals surface area contributed by atoms with Gasteiger partial charge in [0.2, 0.25) is 0 Å². The Kier molecular flexibility index (Phi) is 5.48. The summed E-state index contributed by atoms with van der Waals surface area (Å²) in [7, 11) is 1.61. The third-order valence-electron chi connectivity index (χ3n) is 2.66. The van der Waals surface area contributed by atoms with Gasteiger partial charge in [-0.25, -0.2) is 14.6 Å². The van der Waals surface area contributed by atoms with Gasteiger partial charge in [-0.3, -0.25) is 0 Å². The number of rotatable bonds is 5. The van der Waals surface area contributed by atoms with Crippen molar-refractivity contribution >= 4 is 23.4 Å². The second-order valence-corrected chi connectivity index (χ2v) is 5.49. The highest BCUT2D eigenvalue weighted by atomic mass is 32.1. The zero-order valence-electron chi connectivity index (χ0n) is 12.3. The fourth-order valence-corrected chi connectivity index (χ4v) is 2.48. The summed E-state index contributed by atoms with van der Waals surface area (Å²) in [6.07, 6.45) is 0.966. The molecule has 6 nitrogen and oxygen atoms in total. The number of amides is 1. The van der Waals surface area contributed by atoms with Crippen LogP contribution in [0.1, 0.15) is 21.6 Å². The number of aromatic nitrogens is 1. The highest BCUT2D eigenvalue weighted by molar-refractivity contribution is 7.13. The van der Waals surface area contributed by atoms with E-state index in [1.807, 2.05) is 6.07 Å². The van der Waals surface area contributed by atoms with Gasteiger partial charge in [0.1, 0.15) is 15.6 Å². The molecule has 0 aliphatic carbocycles. The maximum atomic E-state index is 11.9. The second kappa shape index (κ2) is 7.56. The van der Waals surface area contributed by atoms with Crippen molar-refractivity contribution in [1.29, 1.82) is 0 Å². The van der Waals surface area contributed by atoms with Gasteiger partial charge in [0.25, 0.3) is 0 Å². The number of hydrogen-bond donors (Lipinski definition) is 0. The largest absolute Gasteiger partial charge is 0.462 e. The van der Waals surface area contributed by atoms with Crippen molar-refractivity contribution in [3.8, 4) is 5.75 Å². The summed E-state index contributed by atoms with van der Waals surface area (Å²) in [6.45, 7) is 2.32. The van der Waals surface area contributed by atoms with Crippen molar-refractivity contribution in [2.24, 2.45) is 0 Å². The normalized spacial score (nSPS) is 10.1. The molecule has 0 aliphatic heterocycles. The number of carbonyl (C=O) groups is 2. The van der Waals surface area contributed by atoms with Crippen molar-refractivity contribution < 1.29 is 19.1 Å². The molecule has 1 amide bonds. The maximum absolute atomic E-state index is 11.9. The molecule has 0 radical (unpaired) electrons. The van der Waals surface area contributed by atoms with Gasteiger partial charge in [0, 0.05) is 7.05 Å². The molecule has 0 fully saturated rings. The van der Waals surface area contributed by atoms with Gasteiger partial charge < -0.3 is 14.4 Å². The summed E-state index contributed by atoms with van der Waals surface area (Å²) in [5, 5.41) is 0.635. The molecule has 22 heavy (non-hydrogen) atoms. The average Bonchev–Trinajstić information content (AvgIpc) is 2.97. The monoisotopic (exact) mass is 320 g/mol. The minimum atomic E-state index is -0.487. The number of thiazole rings is 1. The molecular weight excluding hydrogens is 304 g/mol. The summed E-state index contributed by atoms with van der Waals surface area (Å²) >= 11 is 1.20. The molecule has 0 unspecified atom stereocenters. The summed E-state index contributed by atoms with van der Waals surface area (Å²) in [5.74, 6) is 0.0754. The van der Waals surface area contributed by atoms with Crippen LogP contribution in [0.5, 0.6) is 5.75 Å². The zero-order valence-corrected chi connectivity index (χ0v) is 13.1. The van der Waals surface area contributed by atoms with Crippen LogP contribution in [0.4, 0.5) is 4.79 Å². The third-order valence-corrected chi connectivity index (χ3v) is 3.62. The molecule has 0 N–H and O–H groups in total. The standard InChI is InChI=1S/C15H16N2O4S/c1-3-20-14(18)12-9-16-13(22-12)10-17(2)15(19)21-11-7-5-4-6-8-11/h4-9H,3,10H2,1-2H3. The molecule has 0 saturated carbocycles. The molecule has 1 heterocycles. The Balaban J connectivity index is 1.92. The van der Waals surface area contributed by atoms with E-state index in [2.05, 4.69) is 4.98 Å². The lowest BCUT2D eigenvalue weighted by molar-refractivity contribution is 0.0531. The van der Waals surface area contributed by atoms with Gasteiger partial charge in [0.05, 0.1) is 19.3 Å². The Morgan fingerprint density at radius 1 is 1.27 bits per heavy atom. The van der Waals surface area contributed by atoms with Crippen molar-refractivity contribution in [2.75, 3.05) is 13.7 Å². The van der Waals surface area contributed by atoms with Crippen LogP contribution >= 0.6 is 11.3 Å². The molecule has 0 bridgehead atoms. The minimum absolute atomic E-state index is 0.260. The quantitative estimate of drug-likeness (QED) is 0.792. The molecule has 2 aromatic rings. The average molecular weight is 320 g/mol. The van der Waals surface area contributed by atoms with Crippen LogP contribution in [-0.2, 0) is 11.3 Å². The summed E-state index contributed by atoms with van der Waals surface area (Å²) in [6, 6.07) is 8.82. The third kappa shape index (κ3) is 4.29. The number of nitrogens with zero attached hydrogens (tertiary/aromatic N) is 2. The number of carbonyl (C=O) groups excluding carboxylic acids is 2. The van der Waals surface area contributed by atoms with Crippen LogP contribution in [0.25, 0.3) is 0 Å². The van der Waals surface area contributed by atoms with Crippen molar-refractivity contribution in [2.45, 2.75) is 13.5 Å². The van der Waals surface area contributed by atoms with Crippen LogP contribution in [0.15, 0.2) is 36.5 Å². The summed E-state index contributed by atoms with van der Waals surface area (Å²) in [5.41, 5.74) is 0. The molecule has 1 aromatic heterocycles. The van der Waals surface area contributed by atoms with Gasteiger partial charge in [-0.2, -0.15) is 0 Å². The summed E-state index contributed by atoms with van der Waals surface area (Å²) in [4.78, 5) is 29.4. The number of esters is 1. The van der Waals surface area contributed by atoms with E-state index >= 15 is 0 Å². The van der Waals surface area contributed by atoms with E-state index < -0.39 is 12.1 Å². The summed E-state index contributed by atoms with van der Waals surface area (Å²) < 4.78 is 10.1. The Labute approximate surface area is 132 Å². The molecule has 7 heteroatoms. The molecular formula is C15H16N2O4S. The minimum Gasteiger partial charge on any atom is -0.462 e. The van der Waals surface area contributed by atoms with E-state index in [4.69, 9.17) is 9.47 Å². The van der Waals surface area contributed by atoms with Gasteiger partial charge >= 0.3 is 12.1 Å². The predicted octanol–water partition coefficient (Wildman–Crippen LogP) is 2.95. The first-order valence-electron chi connectivity index (χ1n) is 6.70. The van der Waals surface area contributed by atoms with Crippen LogP contribution in [0, 0.1) is 0 Å². The predicted molar refractivity (Wildman–Crippen MR) is 82.0 cm³/mol. The number of ether oxygens (including phenoxy) is 2. The highest BCUT2D eigenvalue weighted by Crippen LogP contribution is 2.17. The van der Waals surface area contributed by atoms with Crippen molar-refractivity contribution in [3.63, 3.8) is 0 Å². The number of para-hydroxylation sites is 1. The lowest BCUT2D eigenvalue weighted by Crippen LogP contribution is -2.29. The van der Waals surface area contributed by atoms with Crippen LogP contribution in [-0.4, -0.2) is 35.6 Å². The van der Waals surface area contributed by atoms with E-state index in [-0.39, 0.29) is 6.54 Å². The van der Waals surface area contributed by atoms with Gasteiger partial charge in [0.15, 0.2) is 0 Å². The lowest BCUT2D eigenvalue weighted by Gasteiger charge is -2.15. The first-order valence-corrected chi connectivity index (χ1v) is 7.51. The molecule has 2 rings (SSSR count). The van der Waals surface area contributed by atoms with Gasteiger partial charge in [-0.05, 0) is 19.1 Å². The van der Waals surface area contributed by atoms with Gasteiger partial charge in [-0.15, -0.1) is 11.3 Å². The SMILES string of the molecule is CCOC(=O)c1cnc(CN(C)C(=O)Oc2ccccc2)s1. The molecule has 116 valence electrons. The molecule has 1 aromatic carbocycles. The van der Waals surface area contributed by atoms with Crippen molar-refractivity contribution in [3.05, 3.63) is 46.4 Å². The fourth-order valence-electron chi connectivity index (χ4n) is 1.61.